The van der Waals surface area contributed by atoms with E-state index >= 15 is 0 Å². The zero-order chi connectivity index (χ0) is 22.5. The molecule has 0 spiro atoms. The summed E-state index contributed by atoms with van der Waals surface area (Å²) in [6.45, 7) is 0. The lowest BCUT2D eigenvalue weighted by molar-refractivity contribution is -0.384. The first kappa shape index (κ1) is 21.5. The van der Waals surface area contributed by atoms with Gasteiger partial charge in [-0.1, -0.05) is 71.9 Å². The maximum absolute atomic E-state index is 13.3. The normalized spacial score (nSPS) is 11.7. The van der Waals surface area contributed by atoms with Gasteiger partial charge in [0.05, 0.1) is 4.92 Å². The van der Waals surface area contributed by atoms with Crippen molar-refractivity contribution >= 4 is 40.6 Å². The molecule has 0 aliphatic heterocycles. The first-order chi connectivity index (χ1) is 15.5. The molecule has 1 aromatic heterocycles. The van der Waals surface area contributed by atoms with E-state index in [1.807, 2.05) is 60.7 Å². The Morgan fingerprint density at radius 3 is 2.44 bits per heavy atom. The zero-order valence-corrected chi connectivity index (χ0v) is 18.0. The minimum absolute atomic E-state index is 0.00190. The van der Waals surface area contributed by atoms with Gasteiger partial charge in [0.2, 0.25) is 5.91 Å². The molecular weight excluding hydrogens is 450 g/mol. The second-order valence-electron chi connectivity index (χ2n) is 6.64. The third-order valence-corrected chi connectivity index (χ3v) is 6.06. The van der Waals surface area contributed by atoms with Gasteiger partial charge in [-0.2, -0.15) is 0 Å². The molecule has 32 heavy (non-hydrogen) atoms. The number of amides is 1. The third kappa shape index (κ3) is 4.79. The van der Waals surface area contributed by atoms with E-state index in [1.165, 1.54) is 30.0 Å². The summed E-state index contributed by atoms with van der Waals surface area (Å²) in [5.41, 5.74) is 1.61. The number of benzene rings is 3. The summed E-state index contributed by atoms with van der Waals surface area (Å²) < 4.78 is 1.79. The van der Waals surface area contributed by atoms with Crippen molar-refractivity contribution in [2.24, 2.45) is 0 Å². The molecule has 0 bridgehead atoms. The zero-order valence-electron chi connectivity index (χ0n) is 16.5. The van der Waals surface area contributed by atoms with Crippen LogP contribution in [0.3, 0.4) is 0 Å². The van der Waals surface area contributed by atoms with Crippen LogP contribution in [0, 0.1) is 10.1 Å². The van der Waals surface area contributed by atoms with Crippen molar-refractivity contribution in [1.82, 2.24) is 14.8 Å². The molecule has 10 heteroatoms. The number of nitrogens with one attached hydrogen (secondary N) is 1. The fourth-order valence-corrected chi connectivity index (χ4v) is 4.23. The molecule has 1 N–H and O–H groups in total. The van der Waals surface area contributed by atoms with Crippen LogP contribution in [-0.4, -0.2) is 25.6 Å². The van der Waals surface area contributed by atoms with Gasteiger partial charge in [0.15, 0.2) is 5.16 Å². The van der Waals surface area contributed by atoms with Gasteiger partial charge in [-0.3, -0.25) is 19.5 Å². The van der Waals surface area contributed by atoms with Gasteiger partial charge in [0, 0.05) is 17.4 Å². The maximum atomic E-state index is 13.3. The highest BCUT2D eigenvalue weighted by atomic mass is 35.5. The van der Waals surface area contributed by atoms with Crippen LogP contribution in [0.4, 0.5) is 11.4 Å². The maximum Gasteiger partial charge on any atom is 0.289 e. The number of aromatic nitrogens is 3. The predicted molar refractivity (Wildman–Crippen MR) is 123 cm³/mol. The van der Waals surface area contributed by atoms with Crippen molar-refractivity contribution in [1.29, 1.82) is 0 Å². The molecule has 4 rings (SSSR count). The van der Waals surface area contributed by atoms with Crippen LogP contribution >= 0.6 is 23.4 Å². The summed E-state index contributed by atoms with van der Waals surface area (Å²) >= 11 is 7.11. The van der Waals surface area contributed by atoms with E-state index in [2.05, 4.69) is 15.5 Å². The number of carbonyl (C=O) groups excluding carboxylic acids is 1. The monoisotopic (exact) mass is 465 g/mol. The van der Waals surface area contributed by atoms with Crippen molar-refractivity contribution in [2.75, 3.05) is 5.32 Å². The lowest BCUT2D eigenvalue weighted by atomic mass is 10.1. The SMILES string of the molecule is O=C(Nc1ccc(Cl)c([N+](=O)[O-])c1)[C@@H](Sc1nncn1-c1ccccc1)c1ccccc1. The molecule has 8 nitrogen and oxygen atoms in total. The van der Waals surface area contributed by atoms with Crippen LogP contribution in [0.2, 0.25) is 5.02 Å². The van der Waals surface area contributed by atoms with Crippen LogP contribution in [-0.2, 0) is 4.79 Å². The van der Waals surface area contributed by atoms with Crippen molar-refractivity contribution < 1.29 is 9.72 Å². The Labute approximate surface area is 192 Å². The van der Waals surface area contributed by atoms with Crippen molar-refractivity contribution in [3.05, 3.63) is 106 Å². The van der Waals surface area contributed by atoms with Crippen LogP contribution in [0.5, 0.6) is 0 Å². The average molecular weight is 466 g/mol. The van der Waals surface area contributed by atoms with Gasteiger partial charge in [0.25, 0.3) is 5.69 Å². The molecule has 0 aliphatic carbocycles. The number of nitro groups is 1. The van der Waals surface area contributed by atoms with E-state index in [-0.39, 0.29) is 22.3 Å². The van der Waals surface area contributed by atoms with Gasteiger partial charge in [-0.05, 0) is 29.8 Å². The van der Waals surface area contributed by atoms with Crippen molar-refractivity contribution in [3.63, 3.8) is 0 Å². The minimum Gasteiger partial charge on any atom is -0.325 e. The molecule has 0 saturated carbocycles. The number of hydrogen-bond acceptors (Lipinski definition) is 6. The highest BCUT2D eigenvalue weighted by molar-refractivity contribution is 8.00. The number of hydrogen-bond donors (Lipinski definition) is 1. The number of rotatable bonds is 7. The second kappa shape index (κ2) is 9.63. The summed E-state index contributed by atoms with van der Waals surface area (Å²) in [4.78, 5) is 23.9. The Morgan fingerprint density at radius 2 is 1.75 bits per heavy atom. The fourth-order valence-electron chi connectivity index (χ4n) is 3.01. The first-order valence-electron chi connectivity index (χ1n) is 9.45. The molecule has 0 radical (unpaired) electrons. The number of halogens is 1. The Bertz CT molecular complexity index is 1250. The van der Waals surface area contributed by atoms with Crippen LogP contribution in [0.25, 0.3) is 5.69 Å². The minimum atomic E-state index is -0.683. The molecule has 0 unspecified atom stereocenters. The smallest absolute Gasteiger partial charge is 0.289 e. The summed E-state index contributed by atoms with van der Waals surface area (Å²) in [6.07, 6.45) is 1.58. The first-order valence-corrected chi connectivity index (χ1v) is 10.7. The molecule has 0 saturated heterocycles. The average Bonchev–Trinajstić information content (AvgIpc) is 3.28. The summed E-state index contributed by atoms with van der Waals surface area (Å²) in [7, 11) is 0. The van der Waals surface area contributed by atoms with E-state index in [1.54, 1.807) is 10.9 Å². The van der Waals surface area contributed by atoms with E-state index < -0.39 is 10.2 Å². The van der Waals surface area contributed by atoms with Gasteiger partial charge in [-0.15, -0.1) is 10.2 Å². The van der Waals surface area contributed by atoms with Crippen molar-refractivity contribution in [2.45, 2.75) is 10.4 Å². The van der Waals surface area contributed by atoms with Gasteiger partial charge in [-0.25, -0.2) is 0 Å². The van der Waals surface area contributed by atoms with Crippen LogP contribution in [0.1, 0.15) is 10.8 Å². The molecule has 3 aromatic carbocycles. The molecule has 1 heterocycles. The number of para-hydroxylation sites is 1. The Balaban J connectivity index is 1.65. The molecule has 1 amide bonds. The second-order valence-corrected chi connectivity index (χ2v) is 8.12. The summed E-state index contributed by atoms with van der Waals surface area (Å²) in [6, 6.07) is 22.9. The topological polar surface area (TPSA) is 103 Å². The van der Waals surface area contributed by atoms with E-state index in [9.17, 15) is 14.9 Å². The largest absolute Gasteiger partial charge is 0.325 e. The molecule has 1 atom stereocenters. The summed E-state index contributed by atoms with van der Waals surface area (Å²) in [5, 5.41) is 22.0. The molecule has 4 aromatic rings. The molecule has 0 aliphatic rings. The molecule has 160 valence electrons. The summed E-state index contributed by atoms with van der Waals surface area (Å²) in [5.74, 6) is -0.361. The highest BCUT2D eigenvalue weighted by Gasteiger charge is 2.25. The van der Waals surface area contributed by atoms with Gasteiger partial charge in [0.1, 0.15) is 16.6 Å². The van der Waals surface area contributed by atoms with Gasteiger partial charge >= 0.3 is 0 Å². The number of nitro benzene ring substituents is 1. The molecular formula is C22H16ClN5O3S. The van der Waals surface area contributed by atoms with E-state index in [4.69, 9.17) is 11.6 Å². The quantitative estimate of drug-likeness (QED) is 0.225. The molecule has 0 fully saturated rings. The van der Waals surface area contributed by atoms with E-state index in [0.29, 0.717) is 5.16 Å². The number of carbonyl (C=O) groups is 1. The van der Waals surface area contributed by atoms with Crippen LogP contribution in [0.15, 0.2) is 90.3 Å². The fraction of sp³-hybridized carbons (Fsp3) is 0.0455. The Kier molecular flexibility index (Phi) is 6.48. The number of nitrogens with zero attached hydrogens (tertiary/aromatic N) is 4. The number of anilines is 1. The van der Waals surface area contributed by atoms with Crippen LogP contribution < -0.4 is 5.32 Å². The van der Waals surface area contributed by atoms with E-state index in [0.717, 1.165) is 11.3 Å². The Morgan fingerprint density at radius 1 is 1.06 bits per heavy atom. The standard InChI is InChI=1S/C22H16ClN5O3S/c23-18-12-11-16(13-19(18)28(30)31)25-21(29)20(15-7-3-1-4-8-15)32-22-26-24-14-27(22)17-9-5-2-6-10-17/h1-14,20H,(H,25,29)/t20-/m0/s1. The Hall–Kier alpha value is -3.69. The lowest BCUT2D eigenvalue weighted by Crippen LogP contribution is -2.19. The third-order valence-electron chi connectivity index (χ3n) is 4.52. The lowest BCUT2D eigenvalue weighted by Gasteiger charge is -2.17. The van der Waals surface area contributed by atoms with Gasteiger partial charge < -0.3 is 5.32 Å². The highest BCUT2D eigenvalue weighted by Crippen LogP contribution is 2.36. The van der Waals surface area contributed by atoms with Crippen molar-refractivity contribution in [3.8, 4) is 5.69 Å². The number of thioether (sulfide) groups is 1. The predicted octanol–water partition coefficient (Wildman–Crippen LogP) is 5.30.